The molecule has 0 aliphatic carbocycles. The predicted octanol–water partition coefficient (Wildman–Crippen LogP) is 2.73. The van der Waals surface area contributed by atoms with E-state index in [1.807, 2.05) is 20.1 Å². The molecule has 0 fully saturated rings. The van der Waals surface area contributed by atoms with Crippen molar-refractivity contribution in [3.05, 3.63) is 28.0 Å². The predicted molar refractivity (Wildman–Crippen MR) is 89.6 cm³/mol. The van der Waals surface area contributed by atoms with Gasteiger partial charge in [0, 0.05) is 28.4 Å². The Morgan fingerprint density at radius 1 is 1.43 bits per heavy atom. The summed E-state index contributed by atoms with van der Waals surface area (Å²) in [7, 11) is -3.86. The molecule has 0 spiro atoms. The van der Waals surface area contributed by atoms with Crippen LogP contribution in [0.1, 0.15) is 19.4 Å². The normalized spacial score (nSPS) is 13.4. The van der Waals surface area contributed by atoms with E-state index in [0.29, 0.717) is 16.6 Å². The standard InChI is InChI=1S/C13H20BrFN2O2S2/c1-4-16-8-10-5-11(14)6-12(13(10)15)21(18,19)17-7-9(2)20-3/h5-6,9,16-17H,4,7-8H2,1-3H3. The Labute approximate surface area is 138 Å². The van der Waals surface area contributed by atoms with Crippen molar-refractivity contribution in [2.24, 2.45) is 0 Å². The van der Waals surface area contributed by atoms with Crippen LogP contribution in [0, 0.1) is 5.82 Å². The summed E-state index contributed by atoms with van der Waals surface area (Å²) in [5.74, 6) is -0.705. The van der Waals surface area contributed by atoms with Crippen molar-refractivity contribution < 1.29 is 12.8 Å². The van der Waals surface area contributed by atoms with Crippen LogP contribution in [0.4, 0.5) is 4.39 Å². The third-order valence-electron chi connectivity index (χ3n) is 2.90. The highest BCUT2D eigenvalue weighted by Gasteiger charge is 2.22. The van der Waals surface area contributed by atoms with Crippen molar-refractivity contribution in [3.8, 4) is 0 Å². The lowest BCUT2D eigenvalue weighted by Gasteiger charge is -2.13. The monoisotopic (exact) mass is 398 g/mol. The number of halogens is 2. The molecule has 1 atom stereocenters. The van der Waals surface area contributed by atoms with Gasteiger partial charge in [-0.05, 0) is 24.9 Å². The van der Waals surface area contributed by atoms with Gasteiger partial charge in [-0.15, -0.1) is 0 Å². The smallest absolute Gasteiger partial charge is 0.243 e. The molecule has 0 aromatic heterocycles. The van der Waals surface area contributed by atoms with E-state index in [-0.39, 0.29) is 23.2 Å². The van der Waals surface area contributed by atoms with Crippen LogP contribution in [0.2, 0.25) is 0 Å². The van der Waals surface area contributed by atoms with Crippen molar-refractivity contribution in [2.75, 3.05) is 19.3 Å². The van der Waals surface area contributed by atoms with Crippen LogP contribution in [0.25, 0.3) is 0 Å². The third-order valence-corrected chi connectivity index (χ3v) is 5.75. The summed E-state index contributed by atoms with van der Waals surface area (Å²) in [6.45, 7) is 5.03. The van der Waals surface area contributed by atoms with Gasteiger partial charge >= 0.3 is 0 Å². The molecule has 0 heterocycles. The quantitative estimate of drug-likeness (QED) is 0.706. The summed E-state index contributed by atoms with van der Waals surface area (Å²) < 4.78 is 41.9. The molecule has 120 valence electrons. The molecule has 1 aromatic rings. The Morgan fingerprint density at radius 3 is 2.67 bits per heavy atom. The van der Waals surface area contributed by atoms with Gasteiger partial charge in [-0.25, -0.2) is 17.5 Å². The highest BCUT2D eigenvalue weighted by molar-refractivity contribution is 9.10. The fourth-order valence-electron chi connectivity index (χ4n) is 1.59. The van der Waals surface area contributed by atoms with E-state index < -0.39 is 15.8 Å². The zero-order valence-electron chi connectivity index (χ0n) is 12.2. The van der Waals surface area contributed by atoms with E-state index in [1.54, 1.807) is 17.8 Å². The van der Waals surface area contributed by atoms with Crippen molar-refractivity contribution in [1.29, 1.82) is 0 Å². The van der Waals surface area contributed by atoms with E-state index in [1.165, 1.54) is 6.07 Å². The molecule has 2 N–H and O–H groups in total. The van der Waals surface area contributed by atoms with Crippen molar-refractivity contribution in [3.63, 3.8) is 0 Å². The number of sulfonamides is 1. The van der Waals surface area contributed by atoms with Gasteiger partial charge < -0.3 is 5.32 Å². The number of thioether (sulfide) groups is 1. The molecule has 8 heteroatoms. The number of hydrogen-bond acceptors (Lipinski definition) is 4. The molecule has 21 heavy (non-hydrogen) atoms. The zero-order valence-corrected chi connectivity index (χ0v) is 15.5. The van der Waals surface area contributed by atoms with Crippen LogP contribution in [0.5, 0.6) is 0 Å². The first-order valence-electron chi connectivity index (χ1n) is 6.53. The first-order valence-corrected chi connectivity index (χ1v) is 10.1. The molecule has 0 amide bonds. The van der Waals surface area contributed by atoms with Crippen LogP contribution < -0.4 is 10.0 Å². The molecule has 0 saturated heterocycles. The lowest BCUT2D eigenvalue weighted by atomic mass is 10.2. The molecule has 0 aliphatic rings. The Balaban J connectivity index is 3.08. The third kappa shape index (κ3) is 5.52. The molecule has 1 aromatic carbocycles. The highest BCUT2D eigenvalue weighted by Crippen LogP contribution is 2.24. The maximum Gasteiger partial charge on any atom is 0.243 e. The van der Waals surface area contributed by atoms with E-state index in [2.05, 4.69) is 26.0 Å². The summed E-state index contributed by atoms with van der Waals surface area (Å²) in [4.78, 5) is -0.321. The summed E-state index contributed by atoms with van der Waals surface area (Å²) >= 11 is 4.78. The second kappa shape index (κ2) is 8.47. The van der Waals surface area contributed by atoms with Crippen molar-refractivity contribution >= 4 is 37.7 Å². The average molecular weight is 399 g/mol. The van der Waals surface area contributed by atoms with Crippen LogP contribution in [-0.2, 0) is 16.6 Å². The molecular weight excluding hydrogens is 379 g/mol. The molecule has 1 unspecified atom stereocenters. The minimum Gasteiger partial charge on any atom is -0.313 e. The molecule has 0 bridgehead atoms. The maximum atomic E-state index is 14.4. The Bertz CT molecular complexity index is 582. The average Bonchev–Trinajstić information content (AvgIpc) is 2.45. The van der Waals surface area contributed by atoms with Crippen LogP contribution in [0.3, 0.4) is 0 Å². The van der Waals surface area contributed by atoms with Gasteiger partial charge in [-0.3, -0.25) is 0 Å². The van der Waals surface area contributed by atoms with Gasteiger partial charge in [0.1, 0.15) is 10.7 Å². The Hall–Kier alpha value is -0.150. The number of nitrogens with one attached hydrogen (secondary N) is 2. The molecule has 4 nitrogen and oxygen atoms in total. The summed E-state index contributed by atoms with van der Waals surface area (Å²) in [6, 6.07) is 2.87. The van der Waals surface area contributed by atoms with Gasteiger partial charge in [-0.2, -0.15) is 11.8 Å². The number of hydrogen-bond donors (Lipinski definition) is 2. The second-order valence-corrected chi connectivity index (χ2v) is 8.48. The Morgan fingerprint density at radius 2 is 2.10 bits per heavy atom. The summed E-state index contributed by atoms with van der Waals surface area (Å²) in [5, 5.41) is 3.11. The minimum absolute atomic E-state index is 0.121. The topological polar surface area (TPSA) is 58.2 Å². The van der Waals surface area contributed by atoms with E-state index in [9.17, 15) is 12.8 Å². The first kappa shape index (κ1) is 18.9. The van der Waals surface area contributed by atoms with Crippen LogP contribution in [0.15, 0.2) is 21.5 Å². The molecule has 0 saturated carbocycles. The van der Waals surface area contributed by atoms with Gasteiger partial charge in [0.05, 0.1) is 0 Å². The van der Waals surface area contributed by atoms with E-state index in [0.717, 1.165) is 0 Å². The fraction of sp³-hybridized carbons (Fsp3) is 0.538. The molecule has 0 radical (unpaired) electrons. The van der Waals surface area contributed by atoms with Gasteiger partial charge in [0.2, 0.25) is 10.0 Å². The summed E-state index contributed by atoms with van der Waals surface area (Å²) in [6.07, 6.45) is 1.90. The van der Waals surface area contributed by atoms with Gasteiger partial charge in [0.25, 0.3) is 0 Å². The zero-order chi connectivity index (χ0) is 16.0. The largest absolute Gasteiger partial charge is 0.313 e. The minimum atomic E-state index is -3.86. The second-order valence-electron chi connectivity index (χ2n) is 4.56. The lowest BCUT2D eigenvalue weighted by Crippen LogP contribution is -2.30. The SMILES string of the molecule is CCNCc1cc(Br)cc(S(=O)(=O)NCC(C)SC)c1F. The summed E-state index contributed by atoms with van der Waals surface area (Å²) in [5.41, 5.74) is 0.324. The van der Waals surface area contributed by atoms with E-state index >= 15 is 0 Å². The molecule has 1 rings (SSSR count). The van der Waals surface area contributed by atoms with Crippen molar-refractivity contribution in [1.82, 2.24) is 10.0 Å². The van der Waals surface area contributed by atoms with Crippen molar-refractivity contribution in [2.45, 2.75) is 30.5 Å². The Kier molecular flexibility index (Phi) is 7.63. The van der Waals surface area contributed by atoms with Crippen LogP contribution in [-0.4, -0.2) is 33.0 Å². The van der Waals surface area contributed by atoms with Crippen LogP contribution >= 0.6 is 27.7 Å². The van der Waals surface area contributed by atoms with Gasteiger partial charge in [0.15, 0.2) is 0 Å². The lowest BCUT2D eigenvalue weighted by molar-refractivity contribution is 0.543. The maximum absolute atomic E-state index is 14.4. The van der Waals surface area contributed by atoms with Gasteiger partial charge in [-0.1, -0.05) is 29.8 Å². The molecular formula is C13H20BrFN2O2S2. The van der Waals surface area contributed by atoms with E-state index in [4.69, 9.17) is 0 Å². The first-order chi connectivity index (χ1) is 9.81. The molecule has 0 aliphatic heterocycles. The number of rotatable bonds is 8. The number of benzene rings is 1. The fourth-order valence-corrected chi connectivity index (χ4v) is 3.88. The highest BCUT2D eigenvalue weighted by atomic mass is 79.9.